The summed E-state index contributed by atoms with van der Waals surface area (Å²) >= 11 is 0. The lowest BCUT2D eigenvalue weighted by Gasteiger charge is -2.15. The average molecular weight is 263 g/mol. The van der Waals surface area contributed by atoms with Gasteiger partial charge in [0, 0.05) is 0 Å². The highest BCUT2D eigenvalue weighted by Gasteiger charge is 2.34. The number of hydrogen-bond acceptors (Lipinski definition) is 4. The van der Waals surface area contributed by atoms with Crippen molar-refractivity contribution >= 4 is 5.78 Å². The van der Waals surface area contributed by atoms with E-state index < -0.39 is 29.3 Å². The maximum atomic E-state index is 12.5. The standard InChI is InChI=1S/C11H12F3NO3/c1-5(15)10(17)9-7(16)3-6(11(12,13)14)4-8(9)18-2/h3-5,16H,15H2,1-2H3. The van der Waals surface area contributed by atoms with Crippen molar-refractivity contribution in [1.29, 1.82) is 0 Å². The number of hydrogen-bond donors (Lipinski definition) is 2. The van der Waals surface area contributed by atoms with Crippen LogP contribution in [0.15, 0.2) is 12.1 Å². The molecule has 4 nitrogen and oxygen atoms in total. The van der Waals surface area contributed by atoms with Gasteiger partial charge < -0.3 is 15.6 Å². The zero-order valence-electron chi connectivity index (χ0n) is 9.71. The normalized spacial score (nSPS) is 13.2. The van der Waals surface area contributed by atoms with Crippen molar-refractivity contribution in [2.24, 2.45) is 5.73 Å². The number of nitrogens with two attached hydrogens (primary N) is 1. The molecule has 0 aliphatic heterocycles. The van der Waals surface area contributed by atoms with Gasteiger partial charge in [0.25, 0.3) is 0 Å². The summed E-state index contributed by atoms with van der Waals surface area (Å²) in [6.45, 7) is 1.36. The van der Waals surface area contributed by atoms with Crippen molar-refractivity contribution in [3.8, 4) is 11.5 Å². The van der Waals surface area contributed by atoms with Gasteiger partial charge in [0.2, 0.25) is 0 Å². The van der Waals surface area contributed by atoms with Crippen molar-refractivity contribution < 1.29 is 27.8 Å². The van der Waals surface area contributed by atoms with Crippen LogP contribution in [-0.4, -0.2) is 24.0 Å². The number of rotatable bonds is 3. The first kappa shape index (κ1) is 14.3. The molecule has 0 aliphatic carbocycles. The molecule has 1 unspecified atom stereocenters. The number of Topliss-reactive ketones (excluding diaryl/α,β-unsaturated/α-hetero) is 1. The highest BCUT2D eigenvalue weighted by molar-refractivity contribution is 6.04. The lowest BCUT2D eigenvalue weighted by Crippen LogP contribution is -2.27. The highest BCUT2D eigenvalue weighted by Crippen LogP contribution is 2.38. The van der Waals surface area contributed by atoms with Gasteiger partial charge in [0.05, 0.1) is 18.7 Å². The molecule has 0 aliphatic rings. The summed E-state index contributed by atoms with van der Waals surface area (Å²) < 4.78 is 42.2. The second kappa shape index (κ2) is 4.85. The van der Waals surface area contributed by atoms with Crippen molar-refractivity contribution in [3.63, 3.8) is 0 Å². The molecule has 0 aromatic heterocycles. The molecule has 1 aromatic rings. The Balaban J connectivity index is 3.43. The third kappa shape index (κ3) is 2.73. The molecule has 0 heterocycles. The highest BCUT2D eigenvalue weighted by atomic mass is 19.4. The van der Waals surface area contributed by atoms with Crippen LogP contribution < -0.4 is 10.5 Å². The van der Waals surface area contributed by atoms with E-state index in [0.717, 1.165) is 7.11 Å². The summed E-state index contributed by atoms with van der Waals surface area (Å²) in [6.07, 6.45) is -4.64. The molecule has 0 amide bonds. The Hall–Kier alpha value is -1.76. The van der Waals surface area contributed by atoms with E-state index in [4.69, 9.17) is 10.5 Å². The molecule has 3 N–H and O–H groups in total. The zero-order valence-corrected chi connectivity index (χ0v) is 9.71. The number of ketones is 1. The van der Waals surface area contributed by atoms with E-state index in [1.165, 1.54) is 6.92 Å². The zero-order chi connectivity index (χ0) is 14.1. The van der Waals surface area contributed by atoms with Crippen molar-refractivity contribution in [3.05, 3.63) is 23.3 Å². The third-order valence-corrected chi connectivity index (χ3v) is 2.29. The number of methoxy groups -OCH3 is 1. The van der Waals surface area contributed by atoms with E-state index in [-0.39, 0.29) is 11.3 Å². The Morgan fingerprint density at radius 3 is 2.39 bits per heavy atom. The first-order chi connectivity index (χ1) is 8.18. The van der Waals surface area contributed by atoms with Crippen LogP contribution in [0.2, 0.25) is 0 Å². The fourth-order valence-electron chi connectivity index (χ4n) is 1.40. The van der Waals surface area contributed by atoms with Gasteiger partial charge in [0.15, 0.2) is 5.78 Å². The van der Waals surface area contributed by atoms with E-state index in [2.05, 4.69) is 0 Å². The molecule has 1 atom stereocenters. The van der Waals surface area contributed by atoms with Crippen LogP contribution in [-0.2, 0) is 6.18 Å². The summed E-state index contributed by atoms with van der Waals surface area (Å²) in [5.41, 5.74) is 3.90. The fourth-order valence-corrected chi connectivity index (χ4v) is 1.40. The number of carbonyl (C=O) groups is 1. The topological polar surface area (TPSA) is 72.5 Å². The van der Waals surface area contributed by atoms with Crippen LogP contribution in [0, 0.1) is 0 Å². The fraction of sp³-hybridized carbons (Fsp3) is 0.364. The number of phenolic OH excluding ortho intramolecular Hbond substituents is 1. The molecular formula is C11H12F3NO3. The van der Waals surface area contributed by atoms with Gasteiger partial charge in [-0.25, -0.2) is 0 Å². The summed E-state index contributed by atoms with van der Waals surface area (Å²) in [5, 5.41) is 9.53. The van der Waals surface area contributed by atoms with Crippen LogP contribution >= 0.6 is 0 Å². The van der Waals surface area contributed by atoms with E-state index in [1.54, 1.807) is 0 Å². The van der Waals surface area contributed by atoms with E-state index >= 15 is 0 Å². The first-order valence-electron chi connectivity index (χ1n) is 4.96. The Morgan fingerprint density at radius 1 is 1.44 bits per heavy atom. The smallest absolute Gasteiger partial charge is 0.416 e. The molecule has 100 valence electrons. The Labute approximate surface area is 101 Å². The summed E-state index contributed by atoms with van der Waals surface area (Å²) in [6, 6.07) is 0.162. The first-order valence-corrected chi connectivity index (χ1v) is 4.96. The molecule has 1 rings (SSSR count). The second-order valence-corrected chi connectivity index (χ2v) is 3.72. The SMILES string of the molecule is COc1cc(C(F)(F)F)cc(O)c1C(=O)C(C)N. The van der Waals surface area contributed by atoms with Crippen LogP contribution in [0.3, 0.4) is 0 Å². The molecule has 1 aromatic carbocycles. The molecule has 0 saturated carbocycles. The van der Waals surface area contributed by atoms with Gasteiger partial charge in [-0.3, -0.25) is 4.79 Å². The number of alkyl halides is 3. The van der Waals surface area contributed by atoms with Gasteiger partial charge >= 0.3 is 6.18 Å². The van der Waals surface area contributed by atoms with Crippen molar-refractivity contribution in [2.75, 3.05) is 7.11 Å². The number of benzene rings is 1. The Morgan fingerprint density at radius 2 is 2.00 bits per heavy atom. The Kier molecular flexibility index (Phi) is 3.85. The monoisotopic (exact) mass is 263 g/mol. The van der Waals surface area contributed by atoms with Gasteiger partial charge in [-0.15, -0.1) is 0 Å². The molecule has 7 heteroatoms. The molecule has 0 saturated heterocycles. The number of halogens is 3. The number of aromatic hydroxyl groups is 1. The number of phenols is 1. The predicted molar refractivity (Wildman–Crippen MR) is 57.6 cm³/mol. The van der Waals surface area contributed by atoms with Crippen molar-refractivity contribution in [1.82, 2.24) is 0 Å². The van der Waals surface area contributed by atoms with Crippen LogP contribution in [0.5, 0.6) is 11.5 Å². The maximum Gasteiger partial charge on any atom is 0.416 e. The average Bonchev–Trinajstić information content (AvgIpc) is 2.25. The van der Waals surface area contributed by atoms with Crippen molar-refractivity contribution in [2.45, 2.75) is 19.1 Å². The molecule has 18 heavy (non-hydrogen) atoms. The van der Waals surface area contributed by atoms with Crippen LogP contribution in [0.1, 0.15) is 22.8 Å². The summed E-state index contributed by atoms with van der Waals surface area (Å²) in [7, 11) is 1.10. The van der Waals surface area contributed by atoms with Gasteiger partial charge in [-0.05, 0) is 19.1 Å². The van der Waals surface area contributed by atoms with Gasteiger partial charge in [0.1, 0.15) is 17.1 Å². The molecular weight excluding hydrogens is 251 g/mol. The van der Waals surface area contributed by atoms with E-state index in [9.17, 15) is 23.1 Å². The minimum absolute atomic E-state index is 0.347. The predicted octanol–water partition coefficient (Wildman–Crippen LogP) is 1.95. The van der Waals surface area contributed by atoms with E-state index in [1.807, 2.05) is 0 Å². The summed E-state index contributed by atoms with van der Waals surface area (Å²) in [4.78, 5) is 11.7. The second-order valence-electron chi connectivity index (χ2n) is 3.72. The largest absolute Gasteiger partial charge is 0.507 e. The minimum atomic E-state index is -4.64. The van der Waals surface area contributed by atoms with Gasteiger partial charge in [-0.2, -0.15) is 13.2 Å². The summed E-state index contributed by atoms with van der Waals surface area (Å²) in [5.74, 6) is -1.85. The molecule has 0 fully saturated rings. The molecule has 0 bridgehead atoms. The maximum absolute atomic E-state index is 12.5. The minimum Gasteiger partial charge on any atom is -0.507 e. The quantitative estimate of drug-likeness (QED) is 0.817. The number of carbonyl (C=O) groups excluding carboxylic acids is 1. The van der Waals surface area contributed by atoms with Gasteiger partial charge in [-0.1, -0.05) is 0 Å². The third-order valence-electron chi connectivity index (χ3n) is 2.29. The van der Waals surface area contributed by atoms with Crippen LogP contribution in [0.4, 0.5) is 13.2 Å². The van der Waals surface area contributed by atoms with Crippen LogP contribution in [0.25, 0.3) is 0 Å². The lowest BCUT2D eigenvalue weighted by atomic mass is 10.0. The Bertz CT molecular complexity index is 469. The lowest BCUT2D eigenvalue weighted by molar-refractivity contribution is -0.137. The number of ether oxygens (including phenoxy) is 1. The van der Waals surface area contributed by atoms with E-state index in [0.29, 0.717) is 12.1 Å². The molecule has 0 spiro atoms. The molecule has 0 radical (unpaired) electrons.